The van der Waals surface area contributed by atoms with Gasteiger partial charge in [0.1, 0.15) is 11.5 Å². The molecular weight excluding hydrogens is 338 g/mol. The summed E-state index contributed by atoms with van der Waals surface area (Å²) in [7, 11) is 0. The van der Waals surface area contributed by atoms with Crippen molar-refractivity contribution in [1.82, 2.24) is 15.0 Å². The molecule has 2 N–H and O–H groups in total. The average molecular weight is 355 g/mol. The van der Waals surface area contributed by atoms with E-state index in [0.29, 0.717) is 28.6 Å². The van der Waals surface area contributed by atoms with Crippen LogP contribution in [0.1, 0.15) is 5.56 Å². The van der Waals surface area contributed by atoms with Crippen LogP contribution in [-0.4, -0.2) is 25.2 Å². The molecule has 5 heteroatoms. The van der Waals surface area contributed by atoms with Crippen LogP contribution >= 0.6 is 0 Å². The SMILES string of the molecule is Cc1ccccc1-c1nc(-c2ccccc2O)nc(-c2ccccc2O)n1. The number of hydrogen-bond acceptors (Lipinski definition) is 5. The van der Waals surface area contributed by atoms with E-state index in [1.165, 1.54) is 0 Å². The molecule has 1 heterocycles. The molecule has 27 heavy (non-hydrogen) atoms. The predicted octanol–water partition coefficient (Wildman–Crippen LogP) is 4.59. The van der Waals surface area contributed by atoms with Crippen molar-refractivity contribution in [2.24, 2.45) is 0 Å². The number of para-hydroxylation sites is 2. The first-order chi connectivity index (χ1) is 13.1. The predicted molar refractivity (Wildman–Crippen MR) is 104 cm³/mol. The van der Waals surface area contributed by atoms with Crippen molar-refractivity contribution in [3.63, 3.8) is 0 Å². The molecule has 1 aromatic heterocycles. The minimum atomic E-state index is 0.0858. The Labute approximate surface area is 156 Å². The van der Waals surface area contributed by atoms with E-state index in [4.69, 9.17) is 0 Å². The van der Waals surface area contributed by atoms with E-state index < -0.39 is 0 Å². The molecule has 0 amide bonds. The van der Waals surface area contributed by atoms with Crippen molar-refractivity contribution in [1.29, 1.82) is 0 Å². The van der Waals surface area contributed by atoms with Crippen LogP contribution < -0.4 is 0 Å². The number of phenolic OH excluding ortho intramolecular Hbond substituents is 2. The van der Waals surface area contributed by atoms with Crippen LogP contribution in [0.3, 0.4) is 0 Å². The summed E-state index contributed by atoms with van der Waals surface area (Å²) in [5.41, 5.74) is 2.90. The van der Waals surface area contributed by atoms with Crippen LogP contribution in [0.4, 0.5) is 0 Å². The van der Waals surface area contributed by atoms with E-state index in [2.05, 4.69) is 15.0 Å². The molecule has 4 rings (SSSR count). The Bertz CT molecular complexity index is 972. The van der Waals surface area contributed by atoms with Gasteiger partial charge in [0.2, 0.25) is 0 Å². The summed E-state index contributed by atoms with van der Waals surface area (Å²) in [5, 5.41) is 20.5. The zero-order valence-electron chi connectivity index (χ0n) is 14.7. The molecule has 0 saturated heterocycles. The average Bonchev–Trinajstić information content (AvgIpc) is 2.69. The number of rotatable bonds is 3. The number of aryl methyl sites for hydroxylation is 1. The molecule has 4 aromatic rings. The number of nitrogens with zero attached hydrogens (tertiary/aromatic N) is 3. The van der Waals surface area contributed by atoms with Crippen molar-refractivity contribution >= 4 is 0 Å². The van der Waals surface area contributed by atoms with E-state index in [1.54, 1.807) is 36.4 Å². The summed E-state index contributed by atoms with van der Waals surface area (Å²) < 4.78 is 0. The first kappa shape index (κ1) is 16.7. The zero-order valence-corrected chi connectivity index (χ0v) is 14.7. The summed E-state index contributed by atoms with van der Waals surface area (Å²) in [6, 6.07) is 21.6. The maximum Gasteiger partial charge on any atom is 0.167 e. The van der Waals surface area contributed by atoms with E-state index in [9.17, 15) is 10.2 Å². The van der Waals surface area contributed by atoms with Crippen molar-refractivity contribution in [2.75, 3.05) is 0 Å². The smallest absolute Gasteiger partial charge is 0.167 e. The molecule has 5 nitrogen and oxygen atoms in total. The lowest BCUT2D eigenvalue weighted by atomic mass is 10.1. The quantitative estimate of drug-likeness (QED) is 0.562. The highest BCUT2D eigenvalue weighted by molar-refractivity contribution is 5.72. The Kier molecular flexibility index (Phi) is 4.26. The summed E-state index contributed by atoms with van der Waals surface area (Å²) in [4.78, 5) is 13.7. The molecular formula is C22H17N3O2. The third kappa shape index (κ3) is 3.22. The normalized spacial score (nSPS) is 10.7. The second-order valence-corrected chi connectivity index (χ2v) is 6.16. The Hall–Kier alpha value is -3.73. The highest BCUT2D eigenvalue weighted by Gasteiger charge is 2.16. The molecule has 0 saturated carbocycles. The van der Waals surface area contributed by atoms with E-state index in [-0.39, 0.29) is 11.5 Å². The molecule has 0 fully saturated rings. The van der Waals surface area contributed by atoms with Crippen LogP contribution in [0.15, 0.2) is 72.8 Å². The number of phenols is 2. The van der Waals surface area contributed by atoms with Crippen molar-refractivity contribution in [3.05, 3.63) is 78.4 Å². The third-order valence-electron chi connectivity index (χ3n) is 4.31. The molecule has 0 bridgehead atoms. The van der Waals surface area contributed by atoms with Gasteiger partial charge in [-0.1, -0.05) is 48.5 Å². The highest BCUT2D eigenvalue weighted by atomic mass is 16.3. The van der Waals surface area contributed by atoms with Crippen molar-refractivity contribution < 1.29 is 10.2 Å². The van der Waals surface area contributed by atoms with E-state index in [1.807, 2.05) is 43.3 Å². The lowest BCUT2D eigenvalue weighted by molar-refractivity contribution is 0.477. The maximum atomic E-state index is 10.2. The minimum absolute atomic E-state index is 0.0858. The second kappa shape index (κ2) is 6.88. The fourth-order valence-corrected chi connectivity index (χ4v) is 2.89. The van der Waals surface area contributed by atoms with Crippen LogP contribution in [0.25, 0.3) is 34.2 Å². The molecule has 0 aliphatic carbocycles. The first-order valence-corrected chi connectivity index (χ1v) is 8.52. The number of aromatic nitrogens is 3. The van der Waals surface area contributed by atoms with E-state index >= 15 is 0 Å². The van der Waals surface area contributed by atoms with Gasteiger partial charge in [0, 0.05) is 5.56 Å². The summed E-state index contributed by atoms with van der Waals surface area (Å²) in [5.74, 6) is 1.35. The van der Waals surface area contributed by atoms with Gasteiger partial charge < -0.3 is 10.2 Å². The highest BCUT2D eigenvalue weighted by Crippen LogP contribution is 2.32. The van der Waals surface area contributed by atoms with Crippen LogP contribution in [0.2, 0.25) is 0 Å². The Morgan fingerprint density at radius 1 is 0.519 bits per heavy atom. The Morgan fingerprint density at radius 2 is 0.889 bits per heavy atom. The molecule has 0 radical (unpaired) electrons. The van der Waals surface area contributed by atoms with Gasteiger partial charge in [-0.25, -0.2) is 15.0 Å². The lowest BCUT2D eigenvalue weighted by Gasteiger charge is -2.11. The van der Waals surface area contributed by atoms with Gasteiger partial charge >= 0.3 is 0 Å². The molecule has 0 atom stereocenters. The maximum absolute atomic E-state index is 10.2. The van der Waals surface area contributed by atoms with Crippen molar-refractivity contribution in [3.8, 4) is 45.7 Å². The fraction of sp³-hybridized carbons (Fsp3) is 0.0455. The summed E-state index contributed by atoms with van der Waals surface area (Å²) >= 11 is 0. The van der Waals surface area contributed by atoms with Gasteiger partial charge in [0.05, 0.1) is 11.1 Å². The number of hydrogen-bond donors (Lipinski definition) is 2. The number of aromatic hydroxyl groups is 2. The Balaban J connectivity index is 1.99. The van der Waals surface area contributed by atoms with Gasteiger partial charge in [-0.2, -0.15) is 0 Å². The van der Waals surface area contributed by atoms with Crippen LogP contribution in [0, 0.1) is 6.92 Å². The molecule has 132 valence electrons. The van der Waals surface area contributed by atoms with E-state index in [0.717, 1.165) is 11.1 Å². The fourth-order valence-electron chi connectivity index (χ4n) is 2.89. The zero-order chi connectivity index (χ0) is 18.8. The monoisotopic (exact) mass is 355 g/mol. The topological polar surface area (TPSA) is 79.1 Å². The first-order valence-electron chi connectivity index (χ1n) is 8.52. The molecule has 0 aliphatic rings. The molecule has 0 aliphatic heterocycles. The number of benzene rings is 3. The van der Waals surface area contributed by atoms with Gasteiger partial charge in [0.15, 0.2) is 17.5 Å². The van der Waals surface area contributed by atoms with Crippen molar-refractivity contribution in [2.45, 2.75) is 6.92 Å². The lowest BCUT2D eigenvalue weighted by Crippen LogP contribution is -2.01. The molecule has 3 aromatic carbocycles. The van der Waals surface area contributed by atoms with Gasteiger partial charge in [-0.05, 0) is 36.8 Å². The van der Waals surface area contributed by atoms with Gasteiger partial charge in [-0.15, -0.1) is 0 Å². The summed E-state index contributed by atoms with van der Waals surface area (Å²) in [6.45, 7) is 1.98. The minimum Gasteiger partial charge on any atom is -0.507 e. The molecule has 0 spiro atoms. The van der Waals surface area contributed by atoms with Gasteiger partial charge in [-0.3, -0.25) is 0 Å². The largest absolute Gasteiger partial charge is 0.507 e. The Morgan fingerprint density at radius 3 is 1.33 bits per heavy atom. The van der Waals surface area contributed by atoms with Gasteiger partial charge in [0.25, 0.3) is 0 Å². The second-order valence-electron chi connectivity index (χ2n) is 6.16. The molecule has 0 unspecified atom stereocenters. The summed E-state index contributed by atoms with van der Waals surface area (Å²) in [6.07, 6.45) is 0. The third-order valence-corrected chi connectivity index (χ3v) is 4.31. The van der Waals surface area contributed by atoms with Crippen LogP contribution in [-0.2, 0) is 0 Å². The standard InChI is InChI=1S/C22H17N3O2/c1-14-8-2-3-9-15(14)20-23-21(16-10-4-6-12-18(16)26)25-22(24-20)17-11-5-7-13-19(17)27/h2-13,26-27H,1H3. The van der Waals surface area contributed by atoms with Crippen LogP contribution in [0.5, 0.6) is 11.5 Å².